The minimum absolute atomic E-state index is 0.0861. The molecule has 1 aliphatic rings. The maximum atomic E-state index is 11.1. The molecule has 6 heteroatoms. The normalized spacial score (nSPS) is 13.4. The van der Waals surface area contributed by atoms with Gasteiger partial charge in [0.15, 0.2) is 0 Å². The number of carbonyl (C=O) groups excluding carboxylic acids is 1. The van der Waals surface area contributed by atoms with Crippen LogP contribution in [0.15, 0.2) is 60.8 Å². The minimum atomic E-state index is -0.0861. The molecular formula is C22H23N5O. The Morgan fingerprint density at radius 2 is 1.61 bits per heavy atom. The van der Waals surface area contributed by atoms with Crippen LogP contribution in [-0.4, -0.2) is 29.0 Å². The number of nitrogens with one attached hydrogen (secondary N) is 2. The van der Waals surface area contributed by atoms with Crippen molar-refractivity contribution in [2.24, 2.45) is 0 Å². The Morgan fingerprint density at radius 1 is 0.929 bits per heavy atom. The highest BCUT2D eigenvalue weighted by Crippen LogP contribution is 2.24. The first-order valence-electron chi connectivity index (χ1n) is 9.50. The van der Waals surface area contributed by atoms with Crippen LogP contribution in [0.4, 0.5) is 23.0 Å². The van der Waals surface area contributed by atoms with Crippen molar-refractivity contribution < 1.29 is 4.79 Å². The zero-order chi connectivity index (χ0) is 19.3. The third-order valence-electron chi connectivity index (χ3n) is 4.75. The molecule has 0 aliphatic carbocycles. The fourth-order valence-electron chi connectivity index (χ4n) is 3.37. The lowest BCUT2D eigenvalue weighted by molar-refractivity contribution is -0.114. The smallest absolute Gasteiger partial charge is 0.227 e. The van der Waals surface area contributed by atoms with Crippen molar-refractivity contribution >= 4 is 28.9 Å². The van der Waals surface area contributed by atoms with E-state index in [9.17, 15) is 4.79 Å². The summed E-state index contributed by atoms with van der Waals surface area (Å²) in [5.41, 5.74) is 4.77. The molecule has 0 atom stereocenters. The largest absolute Gasteiger partial charge is 0.372 e. The molecule has 1 amide bonds. The standard InChI is InChI=1S/C22H23N5O/c1-16(28)24-18-6-4-17(5-7-18)21-12-13-23-22(26-21)25-19-8-10-20(11-9-19)27-14-2-3-15-27/h4-13H,2-3,14-15H2,1H3,(H,24,28)(H,23,25,26). The highest BCUT2D eigenvalue weighted by atomic mass is 16.1. The molecule has 0 spiro atoms. The SMILES string of the molecule is CC(=O)Nc1ccc(-c2ccnc(Nc3ccc(N4CCCC4)cc3)n2)cc1. The van der Waals surface area contributed by atoms with Gasteiger partial charge in [-0.25, -0.2) is 9.97 Å². The van der Waals surface area contributed by atoms with E-state index in [4.69, 9.17) is 0 Å². The van der Waals surface area contributed by atoms with Crippen molar-refractivity contribution in [3.05, 3.63) is 60.8 Å². The third kappa shape index (κ3) is 4.28. The van der Waals surface area contributed by atoms with Gasteiger partial charge in [0.25, 0.3) is 0 Å². The lowest BCUT2D eigenvalue weighted by Crippen LogP contribution is -2.17. The molecule has 0 radical (unpaired) electrons. The Labute approximate surface area is 164 Å². The van der Waals surface area contributed by atoms with Gasteiger partial charge in [-0.2, -0.15) is 0 Å². The molecule has 0 unspecified atom stereocenters. The molecule has 0 bridgehead atoms. The van der Waals surface area contributed by atoms with Crippen LogP contribution in [0, 0.1) is 0 Å². The molecule has 0 saturated carbocycles. The van der Waals surface area contributed by atoms with E-state index in [0.717, 1.165) is 35.7 Å². The van der Waals surface area contributed by atoms with Crippen molar-refractivity contribution in [1.29, 1.82) is 0 Å². The molecular weight excluding hydrogens is 350 g/mol. The van der Waals surface area contributed by atoms with Crippen LogP contribution in [0.2, 0.25) is 0 Å². The number of benzene rings is 2. The number of rotatable bonds is 5. The first-order valence-corrected chi connectivity index (χ1v) is 9.50. The number of hydrogen-bond acceptors (Lipinski definition) is 5. The van der Waals surface area contributed by atoms with E-state index in [0.29, 0.717) is 5.95 Å². The van der Waals surface area contributed by atoms with Gasteiger partial charge < -0.3 is 15.5 Å². The summed E-state index contributed by atoms with van der Waals surface area (Å²) in [5, 5.41) is 6.04. The van der Waals surface area contributed by atoms with Crippen LogP contribution in [0.5, 0.6) is 0 Å². The van der Waals surface area contributed by atoms with Crippen molar-refractivity contribution in [1.82, 2.24) is 9.97 Å². The summed E-state index contributed by atoms with van der Waals surface area (Å²) in [4.78, 5) is 22.5. The van der Waals surface area contributed by atoms with E-state index in [2.05, 4.69) is 49.8 Å². The van der Waals surface area contributed by atoms with Gasteiger partial charge in [-0.1, -0.05) is 12.1 Å². The quantitative estimate of drug-likeness (QED) is 0.692. The lowest BCUT2D eigenvalue weighted by atomic mass is 10.1. The molecule has 1 fully saturated rings. The summed E-state index contributed by atoms with van der Waals surface area (Å²) in [6, 6.07) is 17.9. The molecule has 2 heterocycles. The second kappa shape index (κ2) is 8.08. The Balaban J connectivity index is 1.47. The number of hydrogen-bond donors (Lipinski definition) is 2. The molecule has 1 aliphatic heterocycles. The van der Waals surface area contributed by atoms with Crippen molar-refractivity contribution in [3.8, 4) is 11.3 Å². The first kappa shape index (κ1) is 18.0. The monoisotopic (exact) mass is 373 g/mol. The predicted octanol–water partition coefficient (Wildman–Crippen LogP) is 4.45. The molecule has 2 N–H and O–H groups in total. The van der Waals surface area contributed by atoms with Crippen molar-refractivity contribution in [2.45, 2.75) is 19.8 Å². The highest BCUT2D eigenvalue weighted by molar-refractivity contribution is 5.88. The average Bonchev–Trinajstić information content (AvgIpc) is 3.24. The Morgan fingerprint density at radius 3 is 2.29 bits per heavy atom. The van der Waals surface area contributed by atoms with E-state index in [1.165, 1.54) is 25.5 Å². The Bertz CT molecular complexity index is 947. The minimum Gasteiger partial charge on any atom is -0.372 e. The van der Waals surface area contributed by atoms with Crippen LogP contribution in [0.25, 0.3) is 11.3 Å². The summed E-state index contributed by atoms with van der Waals surface area (Å²) < 4.78 is 0. The van der Waals surface area contributed by atoms with Gasteiger partial charge >= 0.3 is 0 Å². The topological polar surface area (TPSA) is 70.2 Å². The van der Waals surface area contributed by atoms with E-state index in [1.54, 1.807) is 6.20 Å². The van der Waals surface area contributed by atoms with Crippen LogP contribution in [0.3, 0.4) is 0 Å². The number of nitrogens with zero attached hydrogens (tertiary/aromatic N) is 3. The van der Waals surface area contributed by atoms with Gasteiger partial charge in [0, 0.05) is 48.8 Å². The molecule has 3 aromatic rings. The maximum Gasteiger partial charge on any atom is 0.227 e. The second-order valence-electron chi connectivity index (χ2n) is 6.89. The Hall–Kier alpha value is -3.41. The summed E-state index contributed by atoms with van der Waals surface area (Å²) in [5.74, 6) is 0.467. The molecule has 142 valence electrons. The summed E-state index contributed by atoms with van der Waals surface area (Å²) in [7, 11) is 0. The molecule has 1 saturated heterocycles. The summed E-state index contributed by atoms with van der Waals surface area (Å²) in [6.07, 6.45) is 4.28. The van der Waals surface area contributed by atoms with E-state index in [1.807, 2.05) is 30.3 Å². The second-order valence-corrected chi connectivity index (χ2v) is 6.89. The first-order chi connectivity index (χ1) is 13.7. The summed E-state index contributed by atoms with van der Waals surface area (Å²) in [6.45, 7) is 3.77. The van der Waals surface area contributed by atoms with Crippen molar-refractivity contribution in [2.75, 3.05) is 28.6 Å². The predicted molar refractivity (Wildman–Crippen MR) is 113 cm³/mol. The van der Waals surface area contributed by atoms with Gasteiger partial charge in [-0.05, 0) is 55.3 Å². The number of aromatic nitrogens is 2. The van der Waals surface area contributed by atoms with Crippen LogP contribution >= 0.6 is 0 Å². The van der Waals surface area contributed by atoms with Crippen molar-refractivity contribution in [3.63, 3.8) is 0 Å². The lowest BCUT2D eigenvalue weighted by Gasteiger charge is -2.17. The van der Waals surface area contributed by atoms with Gasteiger partial charge in [0.1, 0.15) is 0 Å². The zero-order valence-corrected chi connectivity index (χ0v) is 15.9. The van der Waals surface area contributed by atoms with E-state index >= 15 is 0 Å². The molecule has 28 heavy (non-hydrogen) atoms. The number of carbonyl (C=O) groups is 1. The Kier molecular flexibility index (Phi) is 5.19. The van der Waals surface area contributed by atoms with Crippen LogP contribution < -0.4 is 15.5 Å². The fraction of sp³-hybridized carbons (Fsp3) is 0.227. The zero-order valence-electron chi connectivity index (χ0n) is 15.9. The third-order valence-corrected chi connectivity index (χ3v) is 4.75. The van der Waals surface area contributed by atoms with Crippen LogP contribution in [-0.2, 0) is 4.79 Å². The molecule has 2 aromatic carbocycles. The fourth-order valence-corrected chi connectivity index (χ4v) is 3.37. The van der Waals surface area contributed by atoms with E-state index in [-0.39, 0.29) is 5.91 Å². The summed E-state index contributed by atoms with van der Waals surface area (Å²) >= 11 is 0. The van der Waals surface area contributed by atoms with Gasteiger partial charge in [0.2, 0.25) is 11.9 Å². The molecule has 1 aromatic heterocycles. The number of amides is 1. The molecule has 6 nitrogen and oxygen atoms in total. The van der Waals surface area contributed by atoms with E-state index < -0.39 is 0 Å². The molecule has 4 rings (SSSR count). The van der Waals surface area contributed by atoms with Crippen LogP contribution in [0.1, 0.15) is 19.8 Å². The average molecular weight is 373 g/mol. The number of anilines is 4. The van der Waals surface area contributed by atoms with Gasteiger partial charge in [-0.3, -0.25) is 4.79 Å². The maximum absolute atomic E-state index is 11.1. The highest BCUT2D eigenvalue weighted by Gasteiger charge is 2.12. The van der Waals surface area contributed by atoms with Gasteiger partial charge in [0.05, 0.1) is 5.69 Å². The van der Waals surface area contributed by atoms with Gasteiger partial charge in [-0.15, -0.1) is 0 Å².